The highest BCUT2D eigenvalue weighted by atomic mass is 19.1. The number of carbonyl (C=O) groups excluding carboxylic acids is 1. The molecule has 1 saturated carbocycles. The molecule has 0 atom stereocenters. The Morgan fingerprint density at radius 2 is 1.96 bits per heavy atom. The zero-order valence-electron chi connectivity index (χ0n) is 15.6. The van der Waals surface area contributed by atoms with Gasteiger partial charge in [0.15, 0.2) is 5.82 Å². The lowest BCUT2D eigenvalue weighted by atomic mass is 9.79. The van der Waals surface area contributed by atoms with Gasteiger partial charge in [-0.25, -0.2) is 8.78 Å². The number of nitrogens with zero attached hydrogens (tertiary/aromatic N) is 2. The van der Waals surface area contributed by atoms with Crippen molar-refractivity contribution in [1.82, 2.24) is 15.1 Å². The number of hydrogen-bond acceptors (Lipinski definition) is 5. The molecule has 3 rings (SSSR count). The van der Waals surface area contributed by atoms with Crippen molar-refractivity contribution in [3.8, 4) is 0 Å². The Bertz CT molecular complexity index is 799. The van der Waals surface area contributed by atoms with Crippen LogP contribution in [-0.4, -0.2) is 41.5 Å². The molecular formula is C19H26F2N6O. The molecule has 1 aliphatic rings. The minimum absolute atomic E-state index is 0.245. The molecular weight excluding hydrogens is 366 g/mol. The maximum atomic E-state index is 13.1. The molecule has 0 unspecified atom stereocenters. The third-order valence-electron chi connectivity index (χ3n) is 5.40. The lowest BCUT2D eigenvalue weighted by Gasteiger charge is -2.39. The van der Waals surface area contributed by atoms with Crippen LogP contribution in [0.1, 0.15) is 36.0 Å². The highest BCUT2D eigenvalue weighted by molar-refractivity contribution is 5.98. The number of anilines is 2. The van der Waals surface area contributed by atoms with Crippen LogP contribution in [0.3, 0.4) is 0 Å². The van der Waals surface area contributed by atoms with E-state index >= 15 is 0 Å². The molecule has 1 aliphatic carbocycles. The van der Waals surface area contributed by atoms with E-state index in [1.54, 1.807) is 23.0 Å². The fourth-order valence-corrected chi connectivity index (χ4v) is 3.70. The molecule has 0 bridgehead atoms. The SMILES string of the molecule is NCC1(n2cc(C(N)=O)c(Nc3ccc(F)cc3)n2)CCC(NCCF)CC1. The van der Waals surface area contributed by atoms with E-state index in [1.165, 1.54) is 12.1 Å². The van der Waals surface area contributed by atoms with E-state index in [9.17, 15) is 13.6 Å². The maximum absolute atomic E-state index is 13.1. The second kappa shape index (κ2) is 8.66. The third kappa shape index (κ3) is 4.31. The number of primary amides is 1. The van der Waals surface area contributed by atoms with Crippen LogP contribution in [0.25, 0.3) is 0 Å². The first-order valence-electron chi connectivity index (χ1n) is 9.39. The highest BCUT2D eigenvalue weighted by Crippen LogP contribution is 2.35. The molecule has 0 radical (unpaired) electrons. The van der Waals surface area contributed by atoms with E-state index < -0.39 is 18.1 Å². The largest absolute Gasteiger partial charge is 0.365 e. The maximum Gasteiger partial charge on any atom is 0.254 e. The molecule has 0 saturated heterocycles. The molecule has 9 heteroatoms. The number of amides is 1. The van der Waals surface area contributed by atoms with Gasteiger partial charge in [-0.1, -0.05) is 0 Å². The lowest BCUT2D eigenvalue weighted by molar-refractivity contribution is 0.1000. The molecule has 2 aromatic rings. The average Bonchev–Trinajstić information content (AvgIpc) is 3.13. The Hall–Kier alpha value is -2.52. The van der Waals surface area contributed by atoms with Gasteiger partial charge in [-0.2, -0.15) is 5.10 Å². The van der Waals surface area contributed by atoms with Gasteiger partial charge >= 0.3 is 0 Å². The molecule has 1 amide bonds. The number of alkyl halides is 1. The number of carbonyl (C=O) groups is 1. The van der Waals surface area contributed by atoms with Crippen molar-refractivity contribution in [2.24, 2.45) is 11.5 Å². The standard InChI is InChI=1S/C19H26F2N6O/c20-9-10-24-14-5-7-19(12-22,8-6-14)27-11-16(17(23)28)18(26-27)25-15-3-1-13(21)2-4-15/h1-4,11,14,24H,5-10,12,22H2,(H2,23,28)(H,25,26). The summed E-state index contributed by atoms with van der Waals surface area (Å²) in [7, 11) is 0. The van der Waals surface area contributed by atoms with Crippen molar-refractivity contribution in [2.45, 2.75) is 37.3 Å². The van der Waals surface area contributed by atoms with Crippen LogP contribution in [0, 0.1) is 5.82 Å². The summed E-state index contributed by atoms with van der Waals surface area (Å²) in [5.41, 5.74) is 12.0. The molecule has 0 spiro atoms. The van der Waals surface area contributed by atoms with Gasteiger partial charge in [0, 0.05) is 31.0 Å². The minimum Gasteiger partial charge on any atom is -0.365 e. The normalized spacial score (nSPS) is 22.2. The molecule has 152 valence electrons. The summed E-state index contributed by atoms with van der Waals surface area (Å²) in [5.74, 6) is -0.655. The molecule has 1 aromatic carbocycles. The molecule has 1 aromatic heterocycles. The van der Waals surface area contributed by atoms with Crippen molar-refractivity contribution in [2.75, 3.05) is 25.1 Å². The Balaban J connectivity index is 1.83. The summed E-state index contributed by atoms with van der Waals surface area (Å²) in [6, 6.07) is 5.99. The van der Waals surface area contributed by atoms with Gasteiger partial charge in [-0.3, -0.25) is 9.48 Å². The summed E-state index contributed by atoms with van der Waals surface area (Å²) in [6.07, 6.45) is 4.80. The molecule has 28 heavy (non-hydrogen) atoms. The van der Waals surface area contributed by atoms with Crippen molar-refractivity contribution in [3.05, 3.63) is 41.8 Å². The van der Waals surface area contributed by atoms with Crippen LogP contribution < -0.4 is 22.1 Å². The van der Waals surface area contributed by atoms with Gasteiger partial charge in [0.2, 0.25) is 0 Å². The zero-order chi connectivity index (χ0) is 20.1. The molecule has 1 fully saturated rings. The Morgan fingerprint density at radius 1 is 1.29 bits per heavy atom. The summed E-state index contributed by atoms with van der Waals surface area (Å²) >= 11 is 0. The zero-order valence-corrected chi connectivity index (χ0v) is 15.6. The first kappa shape index (κ1) is 20.2. The predicted molar refractivity (Wildman–Crippen MR) is 104 cm³/mol. The summed E-state index contributed by atoms with van der Waals surface area (Å²) < 4.78 is 27.2. The van der Waals surface area contributed by atoms with Gasteiger partial charge in [0.25, 0.3) is 5.91 Å². The minimum atomic E-state index is -0.610. The van der Waals surface area contributed by atoms with Crippen LogP contribution >= 0.6 is 0 Å². The van der Waals surface area contributed by atoms with Crippen molar-refractivity contribution in [1.29, 1.82) is 0 Å². The van der Waals surface area contributed by atoms with Gasteiger partial charge in [-0.05, 0) is 49.9 Å². The monoisotopic (exact) mass is 392 g/mol. The van der Waals surface area contributed by atoms with Crippen molar-refractivity contribution in [3.63, 3.8) is 0 Å². The number of nitrogens with one attached hydrogen (secondary N) is 2. The average molecular weight is 392 g/mol. The predicted octanol–water partition coefficient (Wildman–Crippen LogP) is 2.02. The number of aromatic nitrogens is 2. The van der Waals surface area contributed by atoms with E-state index in [0.717, 1.165) is 25.7 Å². The van der Waals surface area contributed by atoms with Gasteiger partial charge in [-0.15, -0.1) is 0 Å². The summed E-state index contributed by atoms with van der Waals surface area (Å²) in [6.45, 7) is 0.316. The fraction of sp³-hybridized carbons (Fsp3) is 0.474. The van der Waals surface area contributed by atoms with E-state index in [1.807, 2.05) is 0 Å². The van der Waals surface area contributed by atoms with Crippen LogP contribution in [0.2, 0.25) is 0 Å². The van der Waals surface area contributed by atoms with Crippen LogP contribution in [0.5, 0.6) is 0 Å². The molecule has 7 nitrogen and oxygen atoms in total. The second-order valence-corrected chi connectivity index (χ2v) is 7.18. The van der Waals surface area contributed by atoms with Gasteiger partial charge in [0.05, 0.1) is 5.54 Å². The molecule has 1 heterocycles. The van der Waals surface area contributed by atoms with Crippen LogP contribution in [0.15, 0.2) is 30.5 Å². The topological polar surface area (TPSA) is 111 Å². The van der Waals surface area contributed by atoms with E-state index in [-0.39, 0.29) is 17.4 Å². The van der Waals surface area contributed by atoms with Gasteiger partial charge < -0.3 is 22.1 Å². The van der Waals surface area contributed by atoms with Crippen LogP contribution in [-0.2, 0) is 5.54 Å². The second-order valence-electron chi connectivity index (χ2n) is 7.18. The highest BCUT2D eigenvalue weighted by Gasteiger charge is 2.37. The van der Waals surface area contributed by atoms with Crippen molar-refractivity contribution < 1.29 is 13.6 Å². The number of nitrogens with two attached hydrogens (primary N) is 2. The lowest BCUT2D eigenvalue weighted by Crippen LogP contribution is -2.48. The van der Waals surface area contributed by atoms with E-state index in [2.05, 4.69) is 15.7 Å². The van der Waals surface area contributed by atoms with Crippen molar-refractivity contribution >= 4 is 17.4 Å². The van der Waals surface area contributed by atoms with E-state index in [0.29, 0.717) is 24.6 Å². The fourth-order valence-electron chi connectivity index (χ4n) is 3.70. The third-order valence-corrected chi connectivity index (χ3v) is 5.40. The van der Waals surface area contributed by atoms with E-state index in [4.69, 9.17) is 11.5 Å². The van der Waals surface area contributed by atoms with Gasteiger partial charge in [0.1, 0.15) is 18.1 Å². The quantitative estimate of drug-likeness (QED) is 0.549. The first-order valence-corrected chi connectivity index (χ1v) is 9.39. The smallest absolute Gasteiger partial charge is 0.254 e. The Morgan fingerprint density at radius 3 is 2.54 bits per heavy atom. The van der Waals surface area contributed by atoms with Crippen LogP contribution in [0.4, 0.5) is 20.3 Å². The summed E-state index contributed by atoms with van der Waals surface area (Å²) in [5, 5.41) is 10.8. The first-order chi connectivity index (χ1) is 13.5. The molecule has 0 aliphatic heterocycles. The number of halogens is 2. The molecule has 6 N–H and O–H groups in total. The number of hydrogen-bond donors (Lipinski definition) is 4. The Labute approximate surface area is 162 Å². The summed E-state index contributed by atoms with van der Waals surface area (Å²) in [4.78, 5) is 11.9. The Kier molecular flexibility index (Phi) is 6.25. The number of rotatable bonds is 8. The number of benzene rings is 1.